The van der Waals surface area contributed by atoms with Crippen molar-refractivity contribution < 1.29 is 0 Å². The highest BCUT2D eigenvalue weighted by molar-refractivity contribution is 5.90. The van der Waals surface area contributed by atoms with Gasteiger partial charge in [0, 0.05) is 0 Å². The smallest absolute Gasteiger partial charge is 0.0721 e. The summed E-state index contributed by atoms with van der Waals surface area (Å²) in [7, 11) is 0. The van der Waals surface area contributed by atoms with Crippen molar-refractivity contribution in [2.24, 2.45) is 0 Å². The van der Waals surface area contributed by atoms with Crippen molar-refractivity contribution in [1.82, 2.24) is 0 Å². The van der Waals surface area contributed by atoms with Gasteiger partial charge in [0.05, 0.1) is 5.41 Å². The van der Waals surface area contributed by atoms with Gasteiger partial charge in [-0.1, -0.05) is 98.1 Å². The Balaban J connectivity index is 2.18. The molecule has 0 radical (unpaired) electrons. The van der Waals surface area contributed by atoms with E-state index < -0.39 is 0 Å². The molecule has 0 aliphatic heterocycles. The summed E-state index contributed by atoms with van der Waals surface area (Å²) in [5, 5.41) is 0. The summed E-state index contributed by atoms with van der Waals surface area (Å²) in [4.78, 5) is 0. The third kappa shape index (κ3) is 2.23. The van der Waals surface area contributed by atoms with E-state index in [4.69, 9.17) is 0 Å². The second-order valence-electron chi connectivity index (χ2n) is 7.06. The van der Waals surface area contributed by atoms with E-state index in [1.165, 1.54) is 39.0 Å². The minimum absolute atomic E-state index is 0.312. The molecule has 2 aliphatic rings. The Labute approximate surface area is 162 Å². The van der Waals surface area contributed by atoms with E-state index in [2.05, 4.69) is 99.8 Å². The van der Waals surface area contributed by atoms with Gasteiger partial charge >= 0.3 is 0 Å². The van der Waals surface area contributed by atoms with Gasteiger partial charge in [-0.2, -0.15) is 0 Å². The highest BCUT2D eigenvalue weighted by atomic mass is 14.5. The Kier molecular flexibility index (Phi) is 4.20. The molecular weight excluding hydrogens is 324 g/mol. The van der Waals surface area contributed by atoms with Crippen LogP contribution in [-0.4, -0.2) is 0 Å². The molecule has 0 unspecified atom stereocenters. The van der Waals surface area contributed by atoms with Crippen molar-refractivity contribution in [3.63, 3.8) is 0 Å². The molecule has 0 bridgehead atoms. The summed E-state index contributed by atoms with van der Waals surface area (Å²) >= 11 is 0. The standard InChI is InChI=1S/C27H24/c1-5-7-15-23-19(3)20(4)24(16-8-6-2)27(23)25-17-11-9-13-21(25)22-14-10-12-18-26(22)27/h5-18H,1,4H2,2-3H3/b8-6-,15-7-,24-16+. The van der Waals surface area contributed by atoms with E-state index in [0.29, 0.717) is 0 Å². The van der Waals surface area contributed by atoms with Crippen molar-refractivity contribution in [2.45, 2.75) is 19.3 Å². The lowest BCUT2D eigenvalue weighted by molar-refractivity contribution is 0.782. The number of rotatable bonds is 3. The van der Waals surface area contributed by atoms with Crippen LogP contribution in [0.4, 0.5) is 0 Å². The van der Waals surface area contributed by atoms with E-state index in [-0.39, 0.29) is 5.41 Å². The molecule has 0 fully saturated rings. The molecule has 0 atom stereocenters. The normalized spacial score (nSPS) is 18.9. The molecule has 0 heterocycles. The summed E-state index contributed by atoms with van der Waals surface area (Å²) in [5.74, 6) is 0. The summed E-state index contributed by atoms with van der Waals surface area (Å²) < 4.78 is 0. The number of allylic oxidation sites excluding steroid dienone is 10. The highest BCUT2D eigenvalue weighted by Crippen LogP contribution is 2.62. The van der Waals surface area contributed by atoms with E-state index in [0.717, 1.165) is 5.57 Å². The molecule has 1 spiro atoms. The van der Waals surface area contributed by atoms with Crippen LogP contribution < -0.4 is 0 Å². The predicted molar refractivity (Wildman–Crippen MR) is 117 cm³/mol. The summed E-state index contributed by atoms with van der Waals surface area (Å²) in [6.07, 6.45) is 12.5. The van der Waals surface area contributed by atoms with Crippen LogP contribution in [0.1, 0.15) is 25.0 Å². The topological polar surface area (TPSA) is 0 Å². The maximum atomic E-state index is 4.47. The minimum Gasteiger partial charge on any atom is -0.0991 e. The van der Waals surface area contributed by atoms with Crippen LogP contribution in [0.15, 0.2) is 120 Å². The molecule has 2 aromatic carbocycles. The summed E-state index contributed by atoms with van der Waals surface area (Å²) in [5.41, 5.74) is 9.90. The van der Waals surface area contributed by atoms with Crippen molar-refractivity contribution in [3.8, 4) is 11.1 Å². The molecule has 27 heavy (non-hydrogen) atoms. The van der Waals surface area contributed by atoms with Crippen LogP contribution in [-0.2, 0) is 5.41 Å². The molecule has 132 valence electrons. The molecule has 0 nitrogen and oxygen atoms in total. The van der Waals surface area contributed by atoms with Crippen LogP contribution in [0.25, 0.3) is 11.1 Å². The zero-order chi connectivity index (χ0) is 19.0. The lowest BCUT2D eigenvalue weighted by atomic mass is 9.69. The first-order valence-corrected chi connectivity index (χ1v) is 9.40. The zero-order valence-electron chi connectivity index (χ0n) is 16.0. The lowest BCUT2D eigenvalue weighted by Crippen LogP contribution is -2.27. The van der Waals surface area contributed by atoms with Crippen LogP contribution in [0.3, 0.4) is 0 Å². The summed E-state index contributed by atoms with van der Waals surface area (Å²) in [6.45, 7) is 12.6. The van der Waals surface area contributed by atoms with Gasteiger partial charge in [0.1, 0.15) is 0 Å². The molecule has 2 aromatic rings. The molecule has 0 saturated carbocycles. The molecule has 4 rings (SSSR count). The predicted octanol–water partition coefficient (Wildman–Crippen LogP) is 7.08. The van der Waals surface area contributed by atoms with Gasteiger partial charge in [0.15, 0.2) is 0 Å². The average molecular weight is 348 g/mol. The van der Waals surface area contributed by atoms with Crippen molar-refractivity contribution in [3.05, 3.63) is 132 Å². The number of hydrogen-bond donors (Lipinski definition) is 0. The van der Waals surface area contributed by atoms with Gasteiger partial charge in [0.2, 0.25) is 0 Å². The van der Waals surface area contributed by atoms with Crippen LogP contribution in [0.2, 0.25) is 0 Å². The van der Waals surface area contributed by atoms with Crippen LogP contribution in [0.5, 0.6) is 0 Å². The van der Waals surface area contributed by atoms with Gasteiger partial charge in [-0.3, -0.25) is 0 Å². The maximum absolute atomic E-state index is 4.47. The van der Waals surface area contributed by atoms with E-state index in [1.54, 1.807) is 0 Å². The Morgan fingerprint density at radius 3 is 2.04 bits per heavy atom. The first-order chi connectivity index (χ1) is 13.2. The molecule has 0 N–H and O–H groups in total. The van der Waals surface area contributed by atoms with Gasteiger partial charge in [-0.15, -0.1) is 0 Å². The zero-order valence-corrected chi connectivity index (χ0v) is 16.0. The largest absolute Gasteiger partial charge is 0.0991 e. The quantitative estimate of drug-likeness (QED) is 0.520. The van der Waals surface area contributed by atoms with Gasteiger partial charge in [-0.05, 0) is 58.4 Å². The second kappa shape index (κ2) is 6.55. The first-order valence-electron chi connectivity index (χ1n) is 9.40. The number of benzene rings is 2. The van der Waals surface area contributed by atoms with Crippen molar-refractivity contribution in [2.75, 3.05) is 0 Å². The minimum atomic E-state index is -0.312. The maximum Gasteiger partial charge on any atom is 0.0721 e. The monoisotopic (exact) mass is 348 g/mol. The molecule has 0 saturated heterocycles. The van der Waals surface area contributed by atoms with Gasteiger partial charge in [-0.25, -0.2) is 0 Å². The summed E-state index contributed by atoms with van der Waals surface area (Å²) in [6, 6.07) is 17.6. The fourth-order valence-corrected chi connectivity index (χ4v) is 4.66. The molecule has 0 aromatic heterocycles. The average Bonchev–Trinajstić information content (AvgIpc) is 3.11. The van der Waals surface area contributed by atoms with Crippen LogP contribution in [0, 0.1) is 0 Å². The van der Waals surface area contributed by atoms with Gasteiger partial charge in [0.25, 0.3) is 0 Å². The molecular formula is C27H24. The van der Waals surface area contributed by atoms with Crippen LogP contribution >= 0.6 is 0 Å². The third-order valence-electron chi connectivity index (χ3n) is 5.80. The fourth-order valence-electron chi connectivity index (χ4n) is 4.66. The molecule has 2 aliphatic carbocycles. The Morgan fingerprint density at radius 1 is 0.889 bits per heavy atom. The first kappa shape index (κ1) is 17.3. The fraction of sp³-hybridized carbons (Fsp3) is 0.111. The van der Waals surface area contributed by atoms with Crippen molar-refractivity contribution >= 4 is 0 Å². The van der Waals surface area contributed by atoms with Gasteiger partial charge < -0.3 is 0 Å². The second-order valence-corrected chi connectivity index (χ2v) is 7.06. The highest BCUT2D eigenvalue weighted by Gasteiger charge is 2.52. The van der Waals surface area contributed by atoms with E-state index in [1.807, 2.05) is 12.2 Å². The molecule has 0 amide bonds. The third-order valence-corrected chi connectivity index (χ3v) is 5.80. The van der Waals surface area contributed by atoms with E-state index in [9.17, 15) is 0 Å². The van der Waals surface area contributed by atoms with E-state index >= 15 is 0 Å². The Hall–Kier alpha value is -3.12. The lowest BCUT2D eigenvalue weighted by Gasteiger charge is -2.32. The Bertz CT molecular complexity index is 1020. The molecule has 0 heteroatoms. The Morgan fingerprint density at radius 2 is 1.48 bits per heavy atom. The number of fused-ring (bicyclic) bond motifs is 5. The SMILES string of the molecule is C=C/C=C\C1=C(C)C(=C)/C(=C\C=C/C)C12c1ccccc1-c1ccccc12. The van der Waals surface area contributed by atoms with Crippen molar-refractivity contribution in [1.29, 1.82) is 0 Å². The number of hydrogen-bond acceptors (Lipinski definition) is 0.